The molecule has 0 saturated carbocycles. The molecule has 0 amide bonds. The highest BCUT2D eigenvalue weighted by Crippen LogP contribution is 2.25. The van der Waals surface area contributed by atoms with Crippen LogP contribution in [-0.2, 0) is 0 Å². The van der Waals surface area contributed by atoms with E-state index in [4.69, 9.17) is 5.73 Å². The van der Waals surface area contributed by atoms with Gasteiger partial charge in [0.1, 0.15) is 17.3 Å². The first-order chi connectivity index (χ1) is 14.6. The molecule has 4 aromatic rings. The average Bonchev–Trinajstić information content (AvgIpc) is 3.46. The van der Waals surface area contributed by atoms with Crippen molar-refractivity contribution in [1.82, 2.24) is 35.2 Å². The summed E-state index contributed by atoms with van der Waals surface area (Å²) in [6.07, 6.45) is 8.09. The first-order valence-electron chi connectivity index (χ1n) is 10.0. The third-order valence-electron chi connectivity index (χ3n) is 5.13. The predicted octanol–water partition coefficient (Wildman–Crippen LogP) is 3.61. The topological polar surface area (TPSA) is 121 Å². The SMILES string of the molecule is CC[C@H](NC)c1ncc(-c2ccc(-c3cnc(-c4cnc([C@H](C)N)[nH]4)cn3)cc2)[nH]1. The molecule has 0 aliphatic rings. The van der Waals surface area contributed by atoms with Gasteiger partial charge in [0, 0.05) is 5.56 Å². The Balaban J connectivity index is 1.51. The van der Waals surface area contributed by atoms with E-state index in [2.05, 4.69) is 54.3 Å². The van der Waals surface area contributed by atoms with Crippen LogP contribution in [0, 0.1) is 0 Å². The van der Waals surface area contributed by atoms with E-state index in [1.807, 2.05) is 32.3 Å². The summed E-state index contributed by atoms with van der Waals surface area (Å²) in [5.41, 5.74) is 11.3. The molecular weight excluding hydrogens is 376 g/mol. The Morgan fingerprint density at radius 1 is 0.833 bits per heavy atom. The highest BCUT2D eigenvalue weighted by Gasteiger charge is 2.12. The minimum atomic E-state index is -0.151. The second-order valence-corrected chi connectivity index (χ2v) is 7.27. The van der Waals surface area contributed by atoms with E-state index >= 15 is 0 Å². The fourth-order valence-corrected chi connectivity index (χ4v) is 3.33. The van der Waals surface area contributed by atoms with Crippen molar-refractivity contribution in [2.45, 2.75) is 32.4 Å². The maximum absolute atomic E-state index is 5.85. The van der Waals surface area contributed by atoms with Crippen LogP contribution >= 0.6 is 0 Å². The molecule has 0 radical (unpaired) electrons. The average molecular weight is 403 g/mol. The number of nitrogens with two attached hydrogens (primary N) is 1. The van der Waals surface area contributed by atoms with Gasteiger partial charge in [-0.25, -0.2) is 9.97 Å². The summed E-state index contributed by atoms with van der Waals surface area (Å²) in [6.45, 7) is 4.02. The van der Waals surface area contributed by atoms with Crippen molar-refractivity contribution in [2.24, 2.45) is 5.73 Å². The first kappa shape index (κ1) is 19.9. The fourth-order valence-electron chi connectivity index (χ4n) is 3.33. The minimum absolute atomic E-state index is 0.151. The summed E-state index contributed by atoms with van der Waals surface area (Å²) in [6, 6.07) is 8.28. The van der Waals surface area contributed by atoms with Crippen molar-refractivity contribution in [3.05, 3.63) is 60.7 Å². The highest BCUT2D eigenvalue weighted by atomic mass is 15.0. The maximum Gasteiger partial charge on any atom is 0.123 e. The Kier molecular flexibility index (Phi) is 5.69. The second kappa shape index (κ2) is 8.56. The standard InChI is InChI=1S/C22H26N8/c1-4-16(24-3)22-28-10-18(29-22)15-7-5-14(6-8-15)17-9-26-19(11-25-17)20-12-27-21(30-20)13(2)23/h5-13,16,24H,4,23H2,1-3H3,(H,27,30)(H,28,29)/t13-,16-/m0/s1. The monoisotopic (exact) mass is 402 g/mol. The van der Waals surface area contributed by atoms with Crippen LogP contribution in [0.25, 0.3) is 33.9 Å². The number of imidazole rings is 2. The minimum Gasteiger partial charge on any atom is -0.341 e. The molecule has 5 N–H and O–H groups in total. The van der Waals surface area contributed by atoms with Crippen LogP contribution in [-0.4, -0.2) is 37.0 Å². The van der Waals surface area contributed by atoms with Gasteiger partial charge >= 0.3 is 0 Å². The third kappa shape index (κ3) is 4.00. The Labute approximate surface area is 175 Å². The van der Waals surface area contributed by atoms with Gasteiger partial charge in [-0.05, 0) is 26.0 Å². The van der Waals surface area contributed by atoms with Gasteiger partial charge in [0.05, 0.1) is 54.0 Å². The van der Waals surface area contributed by atoms with E-state index in [0.29, 0.717) is 0 Å². The van der Waals surface area contributed by atoms with Gasteiger partial charge in [0.15, 0.2) is 0 Å². The smallest absolute Gasteiger partial charge is 0.123 e. The predicted molar refractivity (Wildman–Crippen MR) is 117 cm³/mol. The van der Waals surface area contributed by atoms with Gasteiger partial charge in [0.2, 0.25) is 0 Å². The Hall–Kier alpha value is -3.36. The Bertz CT molecular complexity index is 1090. The van der Waals surface area contributed by atoms with Crippen molar-refractivity contribution in [2.75, 3.05) is 7.05 Å². The second-order valence-electron chi connectivity index (χ2n) is 7.27. The highest BCUT2D eigenvalue weighted by molar-refractivity contribution is 5.66. The molecule has 2 atom stereocenters. The van der Waals surface area contributed by atoms with Gasteiger partial charge in [-0.2, -0.15) is 0 Å². The third-order valence-corrected chi connectivity index (χ3v) is 5.13. The van der Waals surface area contributed by atoms with E-state index < -0.39 is 0 Å². The summed E-state index contributed by atoms with van der Waals surface area (Å²) in [5, 5.41) is 3.27. The summed E-state index contributed by atoms with van der Waals surface area (Å²) in [5.74, 6) is 1.68. The number of hydrogen-bond acceptors (Lipinski definition) is 6. The lowest BCUT2D eigenvalue weighted by molar-refractivity contribution is 0.550. The summed E-state index contributed by atoms with van der Waals surface area (Å²) in [4.78, 5) is 24.5. The molecule has 1 aromatic carbocycles. The zero-order valence-electron chi connectivity index (χ0n) is 17.3. The molecule has 3 aromatic heterocycles. The molecule has 3 heterocycles. The molecule has 4 rings (SSSR count). The number of aromatic nitrogens is 6. The number of hydrogen-bond donors (Lipinski definition) is 4. The van der Waals surface area contributed by atoms with Gasteiger partial charge in [0.25, 0.3) is 0 Å². The van der Waals surface area contributed by atoms with Crippen LogP contribution in [0.1, 0.15) is 44.0 Å². The lowest BCUT2D eigenvalue weighted by Gasteiger charge is -2.09. The summed E-state index contributed by atoms with van der Waals surface area (Å²) < 4.78 is 0. The van der Waals surface area contributed by atoms with Crippen molar-refractivity contribution in [3.63, 3.8) is 0 Å². The molecular formula is C22H26N8. The Morgan fingerprint density at radius 3 is 2.03 bits per heavy atom. The molecule has 0 aliphatic carbocycles. The van der Waals surface area contributed by atoms with E-state index in [0.717, 1.165) is 52.0 Å². The number of H-pyrrole nitrogens is 2. The van der Waals surface area contributed by atoms with Crippen LogP contribution < -0.4 is 11.1 Å². The summed E-state index contributed by atoms with van der Waals surface area (Å²) >= 11 is 0. The zero-order valence-corrected chi connectivity index (χ0v) is 17.3. The molecule has 154 valence electrons. The van der Waals surface area contributed by atoms with Crippen LogP contribution in [0.2, 0.25) is 0 Å². The molecule has 0 saturated heterocycles. The number of aromatic amines is 2. The fraction of sp³-hybridized carbons (Fsp3) is 0.273. The molecule has 0 spiro atoms. The van der Waals surface area contributed by atoms with E-state index in [1.165, 1.54) is 0 Å². The van der Waals surface area contributed by atoms with Crippen molar-refractivity contribution in [3.8, 4) is 33.9 Å². The molecule has 30 heavy (non-hydrogen) atoms. The molecule has 0 unspecified atom stereocenters. The van der Waals surface area contributed by atoms with Crippen LogP contribution in [0.15, 0.2) is 49.1 Å². The normalized spacial score (nSPS) is 13.3. The van der Waals surface area contributed by atoms with Gasteiger partial charge in [-0.15, -0.1) is 0 Å². The van der Waals surface area contributed by atoms with Crippen LogP contribution in [0.4, 0.5) is 0 Å². The van der Waals surface area contributed by atoms with Crippen molar-refractivity contribution >= 4 is 0 Å². The van der Waals surface area contributed by atoms with Crippen LogP contribution in [0.5, 0.6) is 0 Å². The van der Waals surface area contributed by atoms with E-state index in [9.17, 15) is 0 Å². The molecule has 0 fully saturated rings. The van der Waals surface area contributed by atoms with Crippen molar-refractivity contribution in [1.29, 1.82) is 0 Å². The molecule has 8 nitrogen and oxygen atoms in total. The quantitative estimate of drug-likeness (QED) is 0.375. The van der Waals surface area contributed by atoms with E-state index in [1.54, 1.807) is 18.6 Å². The molecule has 8 heteroatoms. The summed E-state index contributed by atoms with van der Waals surface area (Å²) in [7, 11) is 1.95. The van der Waals surface area contributed by atoms with E-state index in [-0.39, 0.29) is 12.1 Å². The number of nitrogens with zero attached hydrogens (tertiary/aromatic N) is 4. The zero-order chi connectivity index (χ0) is 21.1. The largest absolute Gasteiger partial charge is 0.341 e. The lowest BCUT2D eigenvalue weighted by Crippen LogP contribution is -2.16. The number of benzene rings is 1. The molecule has 0 bridgehead atoms. The van der Waals surface area contributed by atoms with Gasteiger partial charge in [-0.1, -0.05) is 31.2 Å². The van der Waals surface area contributed by atoms with Gasteiger partial charge < -0.3 is 21.0 Å². The number of rotatable bonds is 7. The Morgan fingerprint density at radius 2 is 1.43 bits per heavy atom. The lowest BCUT2D eigenvalue weighted by atomic mass is 10.1. The maximum atomic E-state index is 5.85. The van der Waals surface area contributed by atoms with Gasteiger partial charge in [-0.3, -0.25) is 9.97 Å². The van der Waals surface area contributed by atoms with Crippen molar-refractivity contribution < 1.29 is 0 Å². The first-order valence-corrected chi connectivity index (χ1v) is 10.0. The number of nitrogens with one attached hydrogen (secondary N) is 3. The molecule has 0 aliphatic heterocycles. The van der Waals surface area contributed by atoms with Crippen LogP contribution in [0.3, 0.4) is 0 Å².